The van der Waals surface area contributed by atoms with E-state index >= 15 is 0 Å². The minimum atomic E-state index is -1.11. The zero-order valence-electron chi connectivity index (χ0n) is 27.0. The molecule has 3 aliphatic rings. The van der Waals surface area contributed by atoms with E-state index in [0.29, 0.717) is 17.2 Å². The van der Waals surface area contributed by atoms with Gasteiger partial charge in [-0.3, -0.25) is 4.79 Å². The number of rotatable bonds is 13. The molecule has 0 bridgehead atoms. The number of carboxylic acid groups (broad SMARTS) is 1. The van der Waals surface area contributed by atoms with Crippen molar-refractivity contribution in [2.75, 3.05) is 13.7 Å². The Bertz CT molecular complexity index is 1450. The molecule has 1 saturated heterocycles. The zero-order chi connectivity index (χ0) is 32.8. The van der Waals surface area contributed by atoms with Gasteiger partial charge in [-0.25, -0.2) is 14.6 Å². The Hall–Kier alpha value is -4.08. The molecule has 10 nitrogen and oxygen atoms in total. The molecule has 3 fully saturated rings. The number of alkyl carbamates (subject to hydrolysis) is 1. The Morgan fingerprint density at radius 3 is 2.65 bits per heavy atom. The Morgan fingerprint density at radius 1 is 1.17 bits per heavy atom. The van der Waals surface area contributed by atoms with Crippen LogP contribution in [0.3, 0.4) is 0 Å². The third-order valence-corrected chi connectivity index (χ3v) is 10.1. The second-order valence-electron chi connectivity index (χ2n) is 13.1. The first-order valence-corrected chi connectivity index (χ1v) is 16.6. The normalized spacial score (nSPS) is 25.3. The molecule has 5 rings (SSSR count). The number of hydrogen-bond donors (Lipinski definition) is 2. The molecule has 2 saturated carbocycles. The van der Waals surface area contributed by atoms with Crippen LogP contribution in [0, 0.1) is 11.8 Å². The number of pyridine rings is 1. The van der Waals surface area contributed by atoms with Gasteiger partial charge in [-0.05, 0) is 100 Å². The van der Waals surface area contributed by atoms with Crippen molar-refractivity contribution in [3.63, 3.8) is 0 Å². The zero-order valence-corrected chi connectivity index (χ0v) is 27.0. The molecule has 0 unspecified atom stereocenters. The molecule has 0 radical (unpaired) electrons. The molecule has 2 heterocycles. The van der Waals surface area contributed by atoms with Crippen molar-refractivity contribution in [3.8, 4) is 11.5 Å². The number of likely N-dealkylation sites (tertiary alicyclic amines) is 1. The summed E-state index contributed by atoms with van der Waals surface area (Å²) < 4.78 is 17.8. The minimum Gasteiger partial charge on any atom is -0.497 e. The summed E-state index contributed by atoms with van der Waals surface area (Å²) in [5.74, 6) is -0.255. The second kappa shape index (κ2) is 14.6. The molecule has 2 aliphatic carbocycles. The third kappa shape index (κ3) is 7.32. The number of unbranched alkanes of at least 4 members (excludes halogenated alkanes) is 1. The topological polar surface area (TPSA) is 127 Å². The first-order valence-electron chi connectivity index (χ1n) is 16.6. The quantitative estimate of drug-likeness (QED) is 0.189. The van der Waals surface area contributed by atoms with Gasteiger partial charge in [-0.1, -0.05) is 25.5 Å². The number of aliphatic carboxylic acids is 1. The number of carbonyl (C=O) groups excluding carboxylic acids is 2. The molecule has 2 N–H and O–H groups in total. The SMILES string of the molecule is C=CCCC[C@H]1CCC[C@]1(C)OC(=O)N[C@H](C(=O)N1C[C@H](Oc2cc3cc(OC)ccc3nc2C=C)C[C@H]1C(=O)O)C1CCCC1. The lowest BCUT2D eigenvalue weighted by molar-refractivity contribution is -0.149. The van der Waals surface area contributed by atoms with Gasteiger partial charge in [0.15, 0.2) is 0 Å². The number of allylic oxidation sites excluding steroid dienone is 1. The number of nitrogens with zero attached hydrogens (tertiary/aromatic N) is 2. The monoisotopic (exact) mass is 633 g/mol. The highest BCUT2D eigenvalue weighted by molar-refractivity contribution is 5.90. The number of aromatic nitrogens is 1. The van der Waals surface area contributed by atoms with Crippen LogP contribution < -0.4 is 14.8 Å². The lowest BCUT2D eigenvalue weighted by Crippen LogP contribution is -2.55. The fraction of sp³-hybridized carbons (Fsp3) is 0.556. The van der Waals surface area contributed by atoms with E-state index < -0.39 is 41.8 Å². The van der Waals surface area contributed by atoms with Gasteiger partial charge in [0.2, 0.25) is 5.91 Å². The highest BCUT2D eigenvalue weighted by Crippen LogP contribution is 2.42. The fourth-order valence-corrected chi connectivity index (χ4v) is 7.58. The van der Waals surface area contributed by atoms with Crippen LogP contribution in [0.4, 0.5) is 4.79 Å². The van der Waals surface area contributed by atoms with Crippen molar-refractivity contribution in [2.24, 2.45) is 11.8 Å². The Balaban J connectivity index is 1.32. The molecule has 10 heteroatoms. The Morgan fingerprint density at radius 2 is 1.96 bits per heavy atom. The smallest absolute Gasteiger partial charge is 0.408 e. The molecule has 2 aromatic rings. The molecular weight excluding hydrogens is 586 g/mol. The number of benzene rings is 1. The van der Waals surface area contributed by atoms with Crippen LogP contribution in [0.5, 0.6) is 11.5 Å². The van der Waals surface area contributed by atoms with Crippen LogP contribution in [0.15, 0.2) is 43.5 Å². The maximum absolute atomic E-state index is 14.2. The van der Waals surface area contributed by atoms with Crippen LogP contribution >= 0.6 is 0 Å². The van der Waals surface area contributed by atoms with Crippen LogP contribution in [-0.4, -0.2) is 70.4 Å². The lowest BCUT2D eigenvalue weighted by Gasteiger charge is -2.34. The standard InChI is InChI=1S/C36H47N3O7/c1-5-7-8-14-25-15-11-18-36(25,3)46-35(43)38-32(23-12-9-10-13-23)33(40)39-22-27(21-30(39)34(41)42)45-31-20-24-19-26(44-4)16-17-29(24)37-28(31)6-2/h5-6,16-17,19-20,23,25,27,30,32H,1-2,7-15,18,21-22H2,3-4H3,(H,38,43)(H,41,42)/t25-,27+,30-,32-,36-/m0/s1. The number of nitrogens with one attached hydrogen (secondary N) is 1. The fourth-order valence-electron chi connectivity index (χ4n) is 7.58. The van der Waals surface area contributed by atoms with Gasteiger partial charge in [0.05, 0.1) is 19.2 Å². The predicted octanol–water partition coefficient (Wildman–Crippen LogP) is 6.52. The largest absolute Gasteiger partial charge is 0.497 e. The molecule has 248 valence electrons. The molecule has 5 atom stereocenters. The number of carboxylic acids is 1. The van der Waals surface area contributed by atoms with Gasteiger partial charge < -0.3 is 29.5 Å². The minimum absolute atomic E-state index is 0.0611. The number of ether oxygens (including phenoxy) is 3. The van der Waals surface area contributed by atoms with Crippen LogP contribution in [-0.2, 0) is 14.3 Å². The van der Waals surface area contributed by atoms with Gasteiger partial charge in [-0.15, -0.1) is 6.58 Å². The first-order chi connectivity index (χ1) is 22.1. The van der Waals surface area contributed by atoms with Gasteiger partial charge in [0, 0.05) is 11.8 Å². The lowest BCUT2D eigenvalue weighted by atomic mass is 9.88. The maximum atomic E-state index is 14.2. The summed E-state index contributed by atoms with van der Waals surface area (Å²) in [6.07, 6.45) is 11.4. The number of fused-ring (bicyclic) bond motifs is 1. The van der Waals surface area contributed by atoms with Crippen molar-refractivity contribution >= 4 is 34.9 Å². The number of hydrogen-bond acceptors (Lipinski definition) is 7. The average molecular weight is 634 g/mol. The summed E-state index contributed by atoms with van der Waals surface area (Å²) in [7, 11) is 1.59. The van der Waals surface area contributed by atoms with E-state index in [0.717, 1.165) is 75.1 Å². The molecule has 2 amide bonds. The van der Waals surface area contributed by atoms with Crippen molar-refractivity contribution in [1.29, 1.82) is 0 Å². The van der Waals surface area contributed by atoms with Gasteiger partial charge in [0.1, 0.15) is 41.0 Å². The maximum Gasteiger partial charge on any atom is 0.408 e. The summed E-state index contributed by atoms with van der Waals surface area (Å²) in [5, 5.41) is 13.9. The highest BCUT2D eigenvalue weighted by Gasteiger charge is 2.47. The average Bonchev–Trinajstić information content (AvgIpc) is 3.80. The van der Waals surface area contributed by atoms with Crippen LogP contribution in [0.25, 0.3) is 17.0 Å². The van der Waals surface area contributed by atoms with Crippen LogP contribution in [0.1, 0.15) is 83.2 Å². The van der Waals surface area contributed by atoms with Crippen molar-refractivity contribution < 1.29 is 33.7 Å². The summed E-state index contributed by atoms with van der Waals surface area (Å²) in [6, 6.07) is 5.37. The molecule has 1 aliphatic heterocycles. The van der Waals surface area contributed by atoms with E-state index in [9.17, 15) is 19.5 Å². The van der Waals surface area contributed by atoms with E-state index in [1.807, 2.05) is 37.3 Å². The number of methoxy groups -OCH3 is 1. The third-order valence-electron chi connectivity index (χ3n) is 10.1. The van der Waals surface area contributed by atoms with E-state index in [1.165, 1.54) is 4.90 Å². The summed E-state index contributed by atoms with van der Waals surface area (Å²) >= 11 is 0. The number of carbonyl (C=O) groups is 3. The van der Waals surface area contributed by atoms with Gasteiger partial charge >= 0.3 is 12.1 Å². The molecule has 46 heavy (non-hydrogen) atoms. The molecule has 1 aromatic carbocycles. The van der Waals surface area contributed by atoms with Gasteiger partial charge in [-0.2, -0.15) is 0 Å². The van der Waals surface area contributed by atoms with Crippen molar-refractivity contribution in [3.05, 3.63) is 49.2 Å². The second-order valence-corrected chi connectivity index (χ2v) is 13.1. The summed E-state index contributed by atoms with van der Waals surface area (Å²) in [4.78, 5) is 46.1. The molecule has 1 aromatic heterocycles. The summed E-state index contributed by atoms with van der Waals surface area (Å²) in [5.41, 5.74) is 0.651. The van der Waals surface area contributed by atoms with E-state index in [1.54, 1.807) is 13.2 Å². The molecular formula is C36H47N3O7. The summed E-state index contributed by atoms with van der Waals surface area (Å²) in [6.45, 7) is 9.73. The molecule has 0 spiro atoms. The Labute approximate surface area is 271 Å². The first kappa shape index (κ1) is 33.3. The van der Waals surface area contributed by atoms with Gasteiger partial charge in [0.25, 0.3) is 0 Å². The van der Waals surface area contributed by atoms with E-state index in [4.69, 9.17) is 14.2 Å². The van der Waals surface area contributed by atoms with Crippen LogP contribution in [0.2, 0.25) is 0 Å². The van der Waals surface area contributed by atoms with E-state index in [2.05, 4.69) is 23.5 Å². The number of amides is 2. The van der Waals surface area contributed by atoms with Crippen molar-refractivity contribution in [2.45, 2.75) is 101 Å². The predicted molar refractivity (Wildman–Crippen MR) is 176 cm³/mol. The highest BCUT2D eigenvalue weighted by atomic mass is 16.6. The van der Waals surface area contributed by atoms with Crippen molar-refractivity contribution in [1.82, 2.24) is 15.2 Å². The van der Waals surface area contributed by atoms with E-state index in [-0.39, 0.29) is 24.8 Å². The Kier molecular flexibility index (Phi) is 10.5.